The van der Waals surface area contributed by atoms with Crippen LogP contribution in [0.15, 0.2) is 36.8 Å². The van der Waals surface area contributed by atoms with E-state index in [9.17, 15) is 24.9 Å². The first-order valence-electron chi connectivity index (χ1n) is 20.7. The molecular formula is C41H62N7O8P. The summed E-state index contributed by atoms with van der Waals surface area (Å²) in [6.45, 7) is 1.23. The van der Waals surface area contributed by atoms with Crippen molar-refractivity contribution in [1.29, 1.82) is 10.5 Å². The summed E-state index contributed by atoms with van der Waals surface area (Å²) in [5, 5.41) is 45.0. The Kier molecular flexibility index (Phi) is 19.8. The molecule has 15 nitrogen and oxygen atoms in total. The predicted octanol–water partition coefficient (Wildman–Crippen LogP) is 7.78. The normalized spacial score (nSPS) is 21.0. The fraction of sp³-hybridized carbons (Fsp3) is 0.683. The van der Waals surface area contributed by atoms with Crippen LogP contribution in [0.1, 0.15) is 152 Å². The van der Waals surface area contributed by atoms with Crippen molar-refractivity contribution in [3.05, 3.63) is 53.7 Å². The molecule has 1 aliphatic heterocycles. The highest BCUT2D eigenvalue weighted by Gasteiger charge is 2.57. The molecule has 1 aliphatic rings. The van der Waals surface area contributed by atoms with Gasteiger partial charge in [0.2, 0.25) is 5.60 Å². The van der Waals surface area contributed by atoms with Crippen molar-refractivity contribution < 1.29 is 38.2 Å². The minimum atomic E-state index is -4.81. The van der Waals surface area contributed by atoms with E-state index in [-0.39, 0.29) is 30.4 Å². The van der Waals surface area contributed by atoms with E-state index in [1.165, 1.54) is 101 Å². The molecule has 57 heavy (non-hydrogen) atoms. The number of anilines is 1. The van der Waals surface area contributed by atoms with Gasteiger partial charge in [-0.3, -0.25) is 9.05 Å². The fourth-order valence-corrected chi connectivity index (χ4v) is 7.93. The number of aromatic nitrogens is 4. The Morgan fingerprint density at radius 2 is 1.51 bits per heavy atom. The molecule has 1 fully saturated rings. The molecule has 0 amide bonds. The van der Waals surface area contributed by atoms with Crippen LogP contribution in [-0.4, -0.2) is 71.8 Å². The number of nitriles is 2. The van der Waals surface area contributed by atoms with E-state index in [0.29, 0.717) is 11.9 Å². The number of fused-ring (bicyclic) bond motifs is 1. The van der Waals surface area contributed by atoms with Gasteiger partial charge in [-0.2, -0.15) is 15.6 Å². The van der Waals surface area contributed by atoms with E-state index in [4.69, 9.17) is 29.5 Å². The van der Waals surface area contributed by atoms with Crippen LogP contribution in [0, 0.1) is 22.7 Å². The molecule has 3 aromatic heterocycles. The molecule has 5 N–H and O–H groups in total. The number of phosphoric ester groups is 1. The molecule has 3 aromatic rings. The molecule has 1 saturated heterocycles. The molecular weight excluding hydrogens is 749 g/mol. The number of pyridine rings is 1. The van der Waals surface area contributed by atoms with Gasteiger partial charge in [-0.1, -0.05) is 129 Å². The maximum Gasteiger partial charge on any atom is 0.472 e. The number of rotatable bonds is 29. The van der Waals surface area contributed by atoms with Gasteiger partial charge in [0.25, 0.3) is 0 Å². The molecule has 4 rings (SSSR count). The number of unbranched alkanes of at least 4 members (excludes halogenated alkanes) is 17. The zero-order chi connectivity index (χ0) is 40.9. The molecule has 16 heteroatoms. The van der Waals surface area contributed by atoms with Crippen molar-refractivity contribution in [2.45, 2.75) is 166 Å². The minimum Gasteiger partial charge on any atom is -0.387 e. The van der Waals surface area contributed by atoms with Crippen LogP contribution in [0.3, 0.4) is 0 Å². The number of nitrogens with two attached hydrogens (primary N) is 1. The summed E-state index contributed by atoms with van der Waals surface area (Å²) in [6.07, 6.45) is 20.8. The molecule has 314 valence electrons. The second kappa shape index (κ2) is 24.4. The average Bonchev–Trinajstić information content (AvgIpc) is 3.76. The second-order valence-electron chi connectivity index (χ2n) is 15.1. The quantitative estimate of drug-likeness (QED) is 0.0387. The maximum atomic E-state index is 13.1. The summed E-state index contributed by atoms with van der Waals surface area (Å²) in [5.74, 6) is 0.175. The number of phosphoric acid groups is 1. The van der Waals surface area contributed by atoms with E-state index in [0.717, 1.165) is 31.2 Å². The highest BCUT2D eigenvalue weighted by Crippen LogP contribution is 2.48. The van der Waals surface area contributed by atoms with Crippen LogP contribution in [-0.2, 0) is 29.7 Å². The van der Waals surface area contributed by atoms with Gasteiger partial charge in [0, 0.05) is 6.20 Å². The second-order valence-corrected chi connectivity index (χ2v) is 16.6. The van der Waals surface area contributed by atoms with Gasteiger partial charge in [0.05, 0.1) is 25.0 Å². The van der Waals surface area contributed by atoms with Crippen LogP contribution in [0.4, 0.5) is 5.82 Å². The molecule has 1 unspecified atom stereocenters. The zero-order valence-electron chi connectivity index (χ0n) is 33.4. The topological polar surface area (TPSA) is 231 Å². The lowest BCUT2D eigenvalue weighted by atomic mass is 9.96. The van der Waals surface area contributed by atoms with Crippen molar-refractivity contribution in [3.63, 3.8) is 0 Å². The van der Waals surface area contributed by atoms with Gasteiger partial charge in [-0.15, -0.1) is 0 Å². The summed E-state index contributed by atoms with van der Waals surface area (Å²) >= 11 is 0. The molecule has 6 atom stereocenters. The molecule has 0 saturated carbocycles. The summed E-state index contributed by atoms with van der Waals surface area (Å²) < 4.78 is 36.9. The third kappa shape index (κ3) is 14.7. The Bertz CT molecular complexity index is 1750. The number of aliphatic hydroxyl groups excluding tert-OH is 2. The molecule has 4 heterocycles. The van der Waals surface area contributed by atoms with Gasteiger partial charge in [-0.05, 0) is 30.2 Å². The monoisotopic (exact) mass is 811 g/mol. The van der Waals surface area contributed by atoms with Crippen molar-refractivity contribution >= 4 is 19.2 Å². The molecule has 0 spiro atoms. The first kappa shape index (κ1) is 46.2. The highest BCUT2D eigenvalue weighted by molar-refractivity contribution is 7.47. The first-order chi connectivity index (χ1) is 27.6. The van der Waals surface area contributed by atoms with E-state index in [1.54, 1.807) is 36.5 Å². The van der Waals surface area contributed by atoms with Gasteiger partial charge in [0.1, 0.15) is 54.6 Å². The summed E-state index contributed by atoms with van der Waals surface area (Å²) in [4.78, 5) is 18.7. The number of ether oxygens (including phenoxy) is 2. The lowest BCUT2D eigenvalue weighted by molar-refractivity contribution is -0.0763. The highest BCUT2D eigenvalue weighted by atomic mass is 31.2. The summed E-state index contributed by atoms with van der Waals surface area (Å²) in [7, 11) is -4.81. The van der Waals surface area contributed by atoms with Crippen molar-refractivity contribution in [2.24, 2.45) is 0 Å². The van der Waals surface area contributed by atoms with E-state index < -0.39 is 44.4 Å². The first-order valence-corrected chi connectivity index (χ1v) is 22.2. The molecule has 0 bridgehead atoms. The van der Waals surface area contributed by atoms with Gasteiger partial charge in [0.15, 0.2) is 5.82 Å². The van der Waals surface area contributed by atoms with Crippen LogP contribution >= 0.6 is 7.82 Å². The molecule has 0 aromatic carbocycles. The zero-order valence-corrected chi connectivity index (χ0v) is 34.3. The van der Waals surface area contributed by atoms with Crippen LogP contribution < -0.4 is 5.73 Å². The van der Waals surface area contributed by atoms with E-state index >= 15 is 0 Å². The van der Waals surface area contributed by atoms with E-state index in [1.807, 2.05) is 6.07 Å². The number of hydrogen-bond donors (Lipinski definition) is 4. The largest absolute Gasteiger partial charge is 0.472 e. The van der Waals surface area contributed by atoms with Crippen molar-refractivity contribution in [2.75, 3.05) is 18.9 Å². The van der Waals surface area contributed by atoms with Crippen LogP contribution in [0.5, 0.6) is 0 Å². The Morgan fingerprint density at radius 1 is 0.895 bits per heavy atom. The molecule has 0 aliphatic carbocycles. The van der Waals surface area contributed by atoms with Crippen LogP contribution in [0.2, 0.25) is 0 Å². The number of hydrogen-bond acceptors (Lipinski definition) is 13. The number of nitrogen functional groups attached to an aromatic ring is 1. The number of nitrogens with zero attached hydrogens (tertiary/aromatic N) is 6. The molecule has 0 radical (unpaired) electrons. The Morgan fingerprint density at radius 3 is 2.07 bits per heavy atom. The standard InChI is InChI=1S/C41H62N7O8P/c1-2-3-4-5-6-7-8-9-10-11-12-13-14-15-16-17-18-19-20-34(53-27-32-21-22-33(25-42)45-26-32)28-54-57(51,52)55-30-41(29-43)39(50)37(49)38(56-41)35-23-24-36-40(44)46-31-47-48(35)36/h21-24,26,31,34,37-39,49-50H,2-20,27-28,30H2,1H3,(H,51,52)(H2,44,46,47)/t34-,37+,38+,39+,41-/m1/s1. The lowest BCUT2D eigenvalue weighted by Crippen LogP contribution is -2.45. The van der Waals surface area contributed by atoms with E-state index in [2.05, 4.69) is 22.0 Å². The SMILES string of the molecule is CCCCCCCCCCCCCCCCCCCC[C@H](COP(=O)(O)OC[C@@]1(C#N)O[C@@H](c2ccc3c(N)ncnn23)[C@H](O)[C@@H]1O)OCc1ccc(C#N)nc1. The third-order valence-corrected chi connectivity index (χ3v) is 11.5. The number of aliphatic hydroxyl groups is 2. The smallest absolute Gasteiger partial charge is 0.387 e. The Balaban J connectivity index is 1.19. The average molecular weight is 812 g/mol. The minimum absolute atomic E-state index is 0.143. The van der Waals surface area contributed by atoms with Gasteiger partial charge >= 0.3 is 7.82 Å². The van der Waals surface area contributed by atoms with Gasteiger partial charge < -0.3 is 30.3 Å². The summed E-state index contributed by atoms with van der Waals surface area (Å²) in [6, 6.07) is 10.3. The van der Waals surface area contributed by atoms with Gasteiger partial charge in [-0.25, -0.2) is 19.0 Å². The van der Waals surface area contributed by atoms with Crippen molar-refractivity contribution in [1.82, 2.24) is 19.6 Å². The Labute approximate surface area is 337 Å². The fourth-order valence-electron chi connectivity index (χ4n) is 7.15. The van der Waals surface area contributed by atoms with Crippen molar-refractivity contribution in [3.8, 4) is 12.1 Å². The van der Waals surface area contributed by atoms with Crippen LogP contribution in [0.25, 0.3) is 5.52 Å². The lowest BCUT2D eigenvalue weighted by Gasteiger charge is -2.26. The Hall–Kier alpha value is -3.50. The summed E-state index contributed by atoms with van der Waals surface area (Å²) in [5.41, 5.74) is 5.41. The maximum absolute atomic E-state index is 13.1. The predicted molar refractivity (Wildman–Crippen MR) is 214 cm³/mol. The third-order valence-electron chi connectivity index (χ3n) is 10.6.